The molecule has 1 aliphatic heterocycles. The fraction of sp³-hybridized carbons (Fsp3) is 0.300. The van der Waals surface area contributed by atoms with Crippen LogP contribution < -0.4 is 15.1 Å². The third-order valence-corrected chi connectivity index (χ3v) is 12.4. The van der Waals surface area contributed by atoms with E-state index in [4.69, 9.17) is 19.4 Å². The van der Waals surface area contributed by atoms with Crippen molar-refractivity contribution in [2.45, 2.75) is 48.0 Å². The molecule has 37 heavy (non-hydrogen) atoms. The number of aryl methyl sites for hydroxylation is 6. The van der Waals surface area contributed by atoms with Crippen LogP contribution in [-0.2, 0) is 16.7 Å². The molecule has 0 atom stereocenters. The summed E-state index contributed by atoms with van der Waals surface area (Å²) in [5, 5.41) is 2.94. The third kappa shape index (κ3) is 6.06. The molecule has 0 unspecified atom stereocenters. The zero-order chi connectivity index (χ0) is 26.9. The molecule has 4 rings (SSSR count). The summed E-state index contributed by atoms with van der Waals surface area (Å²) in [6.07, 6.45) is 0.150. The van der Waals surface area contributed by atoms with Gasteiger partial charge in [0.05, 0.1) is 0 Å². The molecule has 0 spiro atoms. The van der Waals surface area contributed by atoms with Gasteiger partial charge in [0.15, 0.2) is 0 Å². The summed E-state index contributed by atoms with van der Waals surface area (Å²) in [6.45, 7) is 14.4. The fourth-order valence-electron chi connectivity index (χ4n) is 5.33. The second kappa shape index (κ2) is 11.2. The molecule has 0 bridgehead atoms. The van der Waals surface area contributed by atoms with E-state index in [0.29, 0.717) is 0 Å². The second-order valence-electron chi connectivity index (χ2n) is 9.76. The Morgan fingerprint density at radius 2 is 1.24 bits per heavy atom. The molecule has 1 amide bonds. The van der Waals surface area contributed by atoms with Crippen LogP contribution in [0.25, 0.3) is 0 Å². The Hall–Kier alpha value is -2.33. The maximum atomic E-state index is 12.8. The molecule has 0 saturated carbocycles. The van der Waals surface area contributed by atoms with E-state index in [0.717, 1.165) is 34.5 Å². The van der Waals surface area contributed by atoms with Gasteiger partial charge in [-0.05, 0) is 0 Å². The molecule has 198 valence electrons. The van der Waals surface area contributed by atoms with Crippen LogP contribution in [0.4, 0.5) is 17.1 Å². The van der Waals surface area contributed by atoms with Gasteiger partial charge >= 0.3 is 232 Å². The summed E-state index contributed by atoms with van der Waals surface area (Å²) in [4.78, 5) is 17.4. The summed E-state index contributed by atoms with van der Waals surface area (Å²) < 4.78 is 2.80. The van der Waals surface area contributed by atoms with Crippen LogP contribution in [0.5, 0.6) is 0 Å². The maximum absolute atomic E-state index is 12.8. The Bertz CT molecular complexity index is 1350. The van der Waals surface area contributed by atoms with Gasteiger partial charge in [-0.1, -0.05) is 0 Å². The van der Waals surface area contributed by atoms with Gasteiger partial charge in [0.1, 0.15) is 0 Å². The molecule has 1 aliphatic rings. The minimum atomic E-state index is -3.64. The predicted molar refractivity (Wildman–Crippen MR) is 158 cm³/mol. The standard InChI is InChI=1S/C21H26N2.C9H9NO.2ClH.Ru/c1-14-9-16(3)20(17(4)10-14)22-7-8-23(13-22)21-18(5)11-15(2)12-19(21)6;1-2-9(11)10-8-6-4-3-5-7-8;;;/h9-12H,7-8H2,1-6H3;1,3-7H,2H2,(H,10,11);2*1H;/q;;;;+2/p-2. The van der Waals surface area contributed by atoms with Gasteiger partial charge in [-0.15, -0.1) is 0 Å². The number of benzene rings is 3. The van der Waals surface area contributed by atoms with Crippen molar-refractivity contribution in [2.75, 3.05) is 28.2 Å². The van der Waals surface area contributed by atoms with Gasteiger partial charge in [-0.2, -0.15) is 0 Å². The molecule has 3 aromatic carbocycles. The number of hydrogen-bond donors (Lipinski definition) is 1. The average molecular weight is 626 g/mol. The van der Waals surface area contributed by atoms with Gasteiger partial charge in [0.25, 0.3) is 0 Å². The van der Waals surface area contributed by atoms with Crippen molar-refractivity contribution >= 4 is 51.3 Å². The van der Waals surface area contributed by atoms with Gasteiger partial charge in [0.2, 0.25) is 0 Å². The number of hydrogen-bond acceptors (Lipinski definition) is 3. The van der Waals surface area contributed by atoms with E-state index in [-0.39, 0.29) is 12.3 Å². The Labute approximate surface area is 231 Å². The van der Waals surface area contributed by atoms with Gasteiger partial charge in [-0.25, -0.2) is 0 Å². The van der Waals surface area contributed by atoms with Crippen LogP contribution in [0.2, 0.25) is 0 Å². The molecule has 1 saturated heterocycles. The van der Waals surface area contributed by atoms with E-state index in [9.17, 15) is 4.79 Å². The molecule has 0 aromatic heterocycles. The first-order valence-electron chi connectivity index (χ1n) is 12.4. The van der Waals surface area contributed by atoms with E-state index < -0.39 is 11.9 Å². The van der Waals surface area contributed by atoms with Crippen LogP contribution >= 0.6 is 19.4 Å². The summed E-state index contributed by atoms with van der Waals surface area (Å²) in [7, 11) is 14.7. The van der Waals surface area contributed by atoms with Gasteiger partial charge < -0.3 is 0 Å². The quantitative estimate of drug-likeness (QED) is 0.304. The number of anilines is 3. The molecule has 1 N–H and O–H groups in total. The van der Waals surface area contributed by atoms with E-state index in [1.807, 2.05) is 34.9 Å². The summed E-state index contributed by atoms with van der Waals surface area (Å²) in [6, 6.07) is 18.3. The number of rotatable bonds is 5. The molecular weight excluding hydrogens is 590 g/mol. The van der Waals surface area contributed by atoms with Crippen LogP contribution in [0.3, 0.4) is 0 Å². The number of nitrogens with zero attached hydrogens (tertiary/aromatic N) is 2. The van der Waals surface area contributed by atoms with Gasteiger partial charge in [-0.3, -0.25) is 0 Å². The average Bonchev–Trinajstić information content (AvgIpc) is 3.22. The number of para-hydroxylation sites is 1. The number of carbonyl (C=O) groups excluding carboxylic acids is 1. The van der Waals surface area contributed by atoms with E-state index in [1.165, 1.54) is 33.4 Å². The Kier molecular flexibility index (Phi) is 8.38. The molecule has 3 aromatic rings. The second-order valence-corrected chi connectivity index (χ2v) is 19.2. The first-order chi connectivity index (χ1) is 17.5. The first kappa shape index (κ1) is 27.7. The number of amides is 1. The van der Waals surface area contributed by atoms with Crippen LogP contribution in [0.15, 0.2) is 54.6 Å². The van der Waals surface area contributed by atoms with Crippen molar-refractivity contribution in [2.24, 2.45) is 0 Å². The topological polar surface area (TPSA) is 35.6 Å². The van der Waals surface area contributed by atoms with Crippen LogP contribution in [0, 0.1) is 41.5 Å². The summed E-state index contributed by atoms with van der Waals surface area (Å²) in [5.41, 5.74) is 10.3. The molecule has 4 nitrogen and oxygen atoms in total. The predicted octanol–water partition coefficient (Wildman–Crippen LogP) is 7.24. The Morgan fingerprint density at radius 3 is 1.68 bits per heavy atom. The third-order valence-electron chi connectivity index (χ3n) is 6.50. The van der Waals surface area contributed by atoms with Crippen molar-refractivity contribution < 1.29 is 16.7 Å². The van der Waals surface area contributed by atoms with Crippen molar-refractivity contribution in [1.29, 1.82) is 0 Å². The zero-order valence-electron chi connectivity index (χ0n) is 22.3. The molecular formula is C30H35Cl2N3ORu. The minimum absolute atomic E-state index is 0.125. The first-order valence-corrected chi connectivity index (χ1v) is 18.7. The number of nitrogens with one attached hydrogen (secondary N) is 1. The number of halogens is 2. The molecule has 0 aliphatic carbocycles. The van der Waals surface area contributed by atoms with Crippen molar-refractivity contribution in [3.05, 3.63) is 88.0 Å². The SMILES string of the molecule is Cc1cc(C)c(N2CCN(c3c(C)cc(C)cc3C)[C]2=[Ru]([Cl])([Cl])=[CH]CC(=O)Nc2ccccc2)c(C)c1. The molecule has 7 heteroatoms. The number of carbonyl (C=O) groups is 1. The van der Waals surface area contributed by atoms with Crippen molar-refractivity contribution in [3.8, 4) is 0 Å². The van der Waals surface area contributed by atoms with Crippen molar-refractivity contribution in [1.82, 2.24) is 0 Å². The molecule has 1 heterocycles. The Balaban J connectivity index is 1.85. The van der Waals surface area contributed by atoms with Crippen molar-refractivity contribution in [3.63, 3.8) is 0 Å². The Morgan fingerprint density at radius 1 is 0.811 bits per heavy atom. The monoisotopic (exact) mass is 625 g/mol. The zero-order valence-corrected chi connectivity index (χ0v) is 25.6. The van der Waals surface area contributed by atoms with E-state index in [2.05, 4.69) is 80.9 Å². The summed E-state index contributed by atoms with van der Waals surface area (Å²) >= 11 is -3.64. The fourth-order valence-corrected chi connectivity index (χ4v) is 10.8. The van der Waals surface area contributed by atoms with Crippen LogP contribution in [0.1, 0.15) is 39.8 Å². The van der Waals surface area contributed by atoms with Crippen LogP contribution in [-0.4, -0.2) is 28.0 Å². The van der Waals surface area contributed by atoms with Gasteiger partial charge in [0, 0.05) is 0 Å². The van der Waals surface area contributed by atoms with E-state index in [1.54, 1.807) is 0 Å². The summed E-state index contributed by atoms with van der Waals surface area (Å²) in [5.74, 6) is -0.125. The molecule has 1 fully saturated rings. The van der Waals surface area contributed by atoms with E-state index >= 15 is 0 Å². The molecule has 0 radical (unpaired) electrons. The normalized spacial score (nSPS) is 14.2.